The third kappa shape index (κ3) is 1.70. The van der Waals surface area contributed by atoms with Gasteiger partial charge in [0.05, 0.1) is 18.8 Å². The molecule has 0 aliphatic carbocycles. The van der Waals surface area contributed by atoms with Gasteiger partial charge < -0.3 is 10.2 Å². The van der Waals surface area contributed by atoms with Crippen molar-refractivity contribution in [2.24, 2.45) is 0 Å². The number of carbonyl (C=O) groups is 1. The van der Waals surface area contributed by atoms with Crippen LogP contribution in [0.2, 0.25) is 0 Å². The topological polar surface area (TPSA) is 78.6 Å². The predicted molar refractivity (Wildman–Crippen MR) is 56.1 cm³/mol. The second-order valence-electron chi connectivity index (χ2n) is 3.83. The fourth-order valence-electron chi connectivity index (χ4n) is 2.04. The van der Waals surface area contributed by atoms with Gasteiger partial charge in [0.2, 0.25) is 0 Å². The number of hydrogen-bond acceptors (Lipinski definition) is 4. The molecule has 0 saturated heterocycles. The summed E-state index contributed by atoms with van der Waals surface area (Å²) in [6.07, 6.45) is 0. The van der Waals surface area contributed by atoms with E-state index >= 15 is 0 Å². The number of fused-ring (bicyclic) bond motifs is 1. The number of carboxylic acid groups (broad SMARTS) is 1. The molecule has 0 atom stereocenters. The molecule has 88 valence electrons. The van der Waals surface area contributed by atoms with Crippen LogP contribution in [0.3, 0.4) is 0 Å². The normalized spacial score (nSPS) is 15.4. The van der Waals surface area contributed by atoms with Crippen molar-refractivity contribution in [1.29, 1.82) is 0 Å². The van der Waals surface area contributed by atoms with Crippen LogP contribution in [-0.2, 0) is 19.6 Å². The van der Waals surface area contributed by atoms with Crippen molar-refractivity contribution in [3.8, 4) is 0 Å². The number of rotatable bonds is 4. The second-order valence-corrected chi connectivity index (χ2v) is 3.83. The van der Waals surface area contributed by atoms with Crippen LogP contribution in [-0.4, -0.2) is 44.0 Å². The molecule has 6 nitrogen and oxygen atoms in total. The van der Waals surface area contributed by atoms with Crippen molar-refractivity contribution < 1.29 is 15.0 Å². The third-order valence-corrected chi connectivity index (χ3v) is 2.88. The quantitative estimate of drug-likeness (QED) is 0.748. The Morgan fingerprint density at radius 3 is 2.81 bits per heavy atom. The maximum absolute atomic E-state index is 11.0. The van der Waals surface area contributed by atoms with E-state index in [2.05, 4.69) is 10.00 Å². The van der Waals surface area contributed by atoms with Crippen LogP contribution in [0, 0.1) is 0 Å². The molecule has 1 aromatic heterocycles. The highest BCUT2D eigenvalue weighted by Crippen LogP contribution is 2.25. The summed E-state index contributed by atoms with van der Waals surface area (Å²) in [4.78, 5) is 13.2. The number of aliphatic hydroxyl groups is 1. The minimum atomic E-state index is -0.995. The van der Waals surface area contributed by atoms with Gasteiger partial charge >= 0.3 is 5.97 Å². The molecule has 0 bridgehead atoms. The fourth-order valence-corrected chi connectivity index (χ4v) is 2.04. The average Bonchev–Trinajstić information content (AvgIpc) is 2.78. The Kier molecular flexibility index (Phi) is 2.93. The van der Waals surface area contributed by atoms with Gasteiger partial charge in [-0.2, -0.15) is 5.10 Å². The number of aromatic nitrogens is 2. The molecule has 2 heterocycles. The minimum absolute atomic E-state index is 0.0285. The van der Waals surface area contributed by atoms with Gasteiger partial charge in [-0.25, -0.2) is 4.79 Å². The lowest BCUT2D eigenvalue weighted by Crippen LogP contribution is -2.19. The lowest BCUT2D eigenvalue weighted by atomic mass is 10.2. The Morgan fingerprint density at radius 1 is 1.50 bits per heavy atom. The summed E-state index contributed by atoms with van der Waals surface area (Å²) < 4.78 is 1.61. The van der Waals surface area contributed by atoms with E-state index < -0.39 is 5.97 Å². The van der Waals surface area contributed by atoms with E-state index in [1.165, 1.54) is 0 Å². The fraction of sp³-hybridized carbons (Fsp3) is 0.600. The summed E-state index contributed by atoms with van der Waals surface area (Å²) in [7, 11) is 0. The van der Waals surface area contributed by atoms with Crippen LogP contribution in [0.4, 0.5) is 0 Å². The number of nitrogens with zero attached hydrogens (tertiary/aromatic N) is 3. The third-order valence-electron chi connectivity index (χ3n) is 2.88. The summed E-state index contributed by atoms with van der Waals surface area (Å²) in [6, 6.07) is 0. The van der Waals surface area contributed by atoms with Crippen molar-refractivity contribution in [1.82, 2.24) is 14.7 Å². The van der Waals surface area contributed by atoms with Gasteiger partial charge in [0.25, 0.3) is 0 Å². The largest absolute Gasteiger partial charge is 0.476 e. The van der Waals surface area contributed by atoms with Crippen molar-refractivity contribution in [2.75, 3.05) is 13.2 Å². The summed E-state index contributed by atoms with van der Waals surface area (Å²) in [5, 5.41) is 22.0. The molecule has 2 rings (SSSR count). The molecule has 1 aromatic rings. The molecule has 2 N–H and O–H groups in total. The van der Waals surface area contributed by atoms with Crippen molar-refractivity contribution in [3.05, 3.63) is 17.0 Å². The molecule has 0 spiro atoms. The Balaban J connectivity index is 2.38. The summed E-state index contributed by atoms with van der Waals surface area (Å²) >= 11 is 0. The van der Waals surface area contributed by atoms with Crippen molar-refractivity contribution in [2.45, 2.75) is 26.6 Å². The second kappa shape index (κ2) is 4.23. The number of hydrogen-bond donors (Lipinski definition) is 2. The van der Waals surface area contributed by atoms with Crippen LogP contribution in [0.25, 0.3) is 0 Å². The number of aliphatic hydroxyl groups excluding tert-OH is 1. The monoisotopic (exact) mass is 225 g/mol. The van der Waals surface area contributed by atoms with E-state index in [-0.39, 0.29) is 12.3 Å². The van der Waals surface area contributed by atoms with E-state index in [4.69, 9.17) is 10.2 Å². The standard InChI is InChI=1S/C10H15N3O3/c1-2-12-5-7-8(6-12)13(3-4-14)11-9(7)10(15)16/h14H,2-6H2,1H3,(H,15,16). The van der Waals surface area contributed by atoms with Gasteiger partial charge in [0, 0.05) is 18.7 Å². The van der Waals surface area contributed by atoms with E-state index in [0.717, 1.165) is 17.8 Å². The molecule has 1 aliphatic rings. The summed E-state index contributed by atoms with van der Waals surface area (Å²) in [6.45, 7) is 4.60. The Labute approximate surface area is 93.1 Å². The first-order valence-electron chi connectivity index (χ1n) is 5.32. The van der Waals surface area contributed by atoms with Crippen molar-refractivity contribution >= 4 is 5.97 Å². The molecule has 0 amide bonds. The summed E-state index contributed by atoms with van der Waals surface area (Å²) in [5.41, 5.74) is 1.84. The van der Waals surface area contributed by atoms with E-state index in [0.29, 0.717) is 19.6 Å². The van der Waals surface area contributed by atoms with Crippen LogP contribution < -0.4 is 0 Å². The van der Waals surface area contributed by atoms with Gasteiger partial charge in [-0.05, 0) is 6.54 Å². The number of carboxylic acids is 1. The highest BCUT2D eigenvalue weighted by Gasteiger charge is 2.29. The highest BCUT2D eigenvalue weighted by molar-refractivity contribution is 5.87. The van der Waals surface area contributed by atoms with Crippen LogP contribution in [0.5, 0.6) is 0 Å². The first-order valence-corrected chi connectivity index (χ1v) is 5.32. The molecular weight excluding hydrogens is 210 g/mol. The van der Waals surface area contributed by atoms with Gasteiger partial charge in [-0.15, -0.1) is 0 Å². The van der Waals surface area contributed by atoms with Gasteiger partial charge in [0.15, 0.2) is 5.69 Å². The molecule has 1 aliphatic heterocycles. The Hall–Kier alpha value is -1.40. The van der Waals surface area contributed by atoms with Crippen molar-refractivity contribution in [3.63, 3.8) is 0 Å². The van der Waals surface area contributed by atoms with E-state index in [9.17, 15) is 4.79 Å². The lowest BCUT2D eigenvalue weighted by Gasteiger charge is -2.12. The molecule has 16 heavy (non-hydrogen) atoms. The molecule has 0 aromatic carbocycles. The smallest absolute Gasteiger partial charge is 0.356 e. The molecule has 0 radical (unpaired) electrons. The lowest BCUT2D eigenvalue weighted by molar-refractivity contribution is 0.0686. The van der Waals surface area contributed by atoms with Crippen LogP contribution in [0.1, 0.15) is 28.7 Å². The molecule has 0 saturated carbocycles. The zero-order chi connectivity index (χ0) is 11.7. The van der Waals surface area contributed by atoms with Crippen LogP contribution in [0.15, 0.2) is 0 Å². The SMILES string of the molecule is CCN1Cc2c(C(=O)O)nn(CCO)c2C1. The maximum Gasteiger partial charge on any atom is 0.356 e. The molecule has 6 heteroatoms. The summed E-state index contributed by atoms with van der Waals surface area (Å²) in [5.74, 6) is -0.995. The minimum Gasteiger partial charge on any atom is -0.476 e. The maximum atomic E-state index is 11.0. The first-order chi connectivity index (χ1) is 7.67. The zero-order valence-electron chi connectivity index (χ0n) is 9.18. The Bertz CT molecular complexity index is 414. The number of aromatic carboxylic acids is 1. The van der Waals surface area contributed by atoms with E-state index in [1.54, 1.807) is 4.68 Å². The molecular formula is C10H15N3O3. The predicted octanol–water partition coefficient (Wildman–Crippen LogP) is -0.0909. The Morgan fingerprint density at radius 2 is 2.25 bits per heavy atom. The van der Waals surface area contributed by atoms with Gasteiger partial charge in [-0.3, -0.25) is 9.58 Å². The van der Waals surface area contributed by atoms with Gasteiger partial charge in [0.1, 0.15) is 0 Å². The molecule has 0 fully saturated rings. The first kappa shape index (κ1) is 11.1. The zero-order valence-corrected chi connectivity index (χ0v) is 9.18. The molecule has 0 unspecified atom stereocenters. The van der Waals surface area contributed by atoms with Crippen LogP contribution >= 0.6 is 0 Å². The van der Waals surface area contributed by atoms with Gasteiger partial charge in [-0.1, -0.05) is 6.92 Å². The average molecular weight is 225 g/mol. The highest BCUT2D eigenvalue weighted by atomic mass is 16.4. The van der Waals surface area contributed by atoms with E-state index in [1.807, 2.05) is 6.92 Å².